The molecule has 2 aromatic carbocycles. The summed E-state index contributed by atoms with van der Waals surface area (Å²) in [6.45, 7) is 1.38. The summed E-state index contributed by atoms with van der Waals surface area (Å²) in [5, 5.41) is 23.5. The summed E-state index contributed by atoms with van der Waals surface area (Å²) in [6.07, 6.45) is 0. The average Bonchev–Trinajstić information content (AvgIpc) is 3.22. The highest BCUT2D eigenvalue weighted by Gasteiger charge is 2.67. The molecule has 2 aliphatic rings. The van der Waals surface area contributed by atoms with Crippen molar-refractivity contribution in [3.63, 3.8) is 0 Å². The second kappa shape index (κ2) is 7.28. The Kier molecular flexibility index (Phi) is 4.85. The number of phenols is 1. The van der Waals surface area contributed by atoms with Gasteiger partial charge < -0.3 is 19.7 Å². The summed E-state index contributed by atoms with van der Waals surface area (Å²) >= 11 is 0. The molecule has 2 aliphatic heterocycles. The van der Waals surface area contributed by atoms with Crippen molar-refractivity contribution >= 4 is 23.5 Å². The molecule has 2 saturated heterocycles. The lowest BCUT2D eigenvalue weighted by molar-refractivity contribution is -0.147. The molecule has 2 heterocycles. The normalized spacial score (nSPS) is 27.3. The Morgan fingerprint density at radius 1 is 1.06 bits per heavy atom. The van der Waals surface area contributed by atoms with E-state index in [2.05, 4.69) is 5.32 Å². The fourth-order valence-corrected chi connectivity index (χ4v) is 4.54. The molecule has 162 valence electrons. The van der Waals surface area contributed by atoms with Gasteiger partial charge in [0, 0.05) is 11.6 Å². The number of aromatic hydroxyl groups is 1. The van der Waals surface area contributed by atoms with Crippen LogP contribution in [0.5, 0.6) is 17.2 Å². The van der Waals surface area contributed by atoms with E-state index in [0.29, 0.717) is 11.4 Å². The first kappa shape index (κ1) is 20.7. The number of carbonyl (C=O) groups excluding carboxylic acids is 2. The molecular formula is C22H22N2O7. The summed E-state index contributed by atoms with van der Waals surface area (Å²) in [5.74, 6) is -4.05. The number of benzene rings is 2. The second-order valence-electron chi connectivity index (χ2n) is 7.74. The number of hydrogen-bond acceptors (Lipinski definition) is 7. The van der Waals surface area contributed by atoms with E-state index in [0.717, 1.165) is 4.90 Å². The maximum Gasteiger partial charge on any atom is 0.324 e. The van der Waals surface area contributed by atoms with Crippen LogP contribution in [0.2, 0.25) is 0 Å². The SMILES string of the molecule is COc1ccc(N2C(=O)C3C(c4cccc(OC)c4O)NC(C)(C(=O)O)C3C2=O)cc1. The van der Waals surface area contributed by atoms with E-state index < -0.39 is 41.2 Å². The van der Waals surface area contributed by atoms with E-state index in [1.165, 1.54) is 21.1 Å². The first-order valence-corrected chi connectivity index (χ1v) is 9.63. The topological polar surface area (TPSA) is 125 Å². The van der Waals surface area contributed by atoms with E-state index >= 15 is 0 Å². The number of amides is 2. The molecule has 0 radical (unpaired) electrons. The Hall–Kier alpha value is -3.59. The van der Waals surface area contributed by atoms with Crippen molar-refractivity contribution in [2.45, 2.75) is 18.5 Å². The predicted octanol–water partition coefficient (Wildman–Crippen LogP) is 1.70. The molecule has 0 bridgehead atoms. The highest BCUT2D eigenvalue weighted by atomic mass is 16.5. The highest BCUT2D eigenvalue weighted by Crippen LogP contribution is 2.51. The smallest absolute Gasteiger partial charge is 0.324 e. The zero-order valence-corrected chi connectivity index (χ0v) is 17.2. The van der Waals surface area contributed by atoms with E-state index in [1.54, 1.807) is 42.5 Å². The van der Waals surface area contributed by atoms with Crippen molar-refractivity contribution in [1.29, 1.82) is 0 Å². The van der Waals surface area contributed by atoms with Crippen LogP contribution >= 0.6 is 0 Å². The fraction of sp³-hybridized carbons (Fsp3) is 0.318. The number of para-hydroxylation sites is 1. The molecular weight excluding hydrogens is 404 g/mol. The summed E-state index contributed by atoms with van der Waals surface area (Å²) in [5.41, 5.74) is -1.10. The van der Waals surface area contributed by atoms with Crippen LogP contribution in [0.1, 0.15) is 18.5 Å². The number of carboxylic acids is 1. The second-order valence-corrected chi connectivity index (χ2v) is 7.74. The van der Waals surface area contributed by atoms with Crippen molar-refractivity contribution in [2.75, 3.05) is 19.1 Å². The number of hydrogen-bond donors (Lipinski definition) is 3. The summed E-state index contributed by atoms with van der Waals surface area (Å²) in [7, 11) is 2.89. The quantitative estimate of drug-likeness (QED) is 0.617. The third-order valence-corrected chi connectivity index (χ3v) is 6.15. The molecule has 9 heteroatoms. The van der Waals surface area contributed by atoms with Crippen LogP contribution in [0.25, 0.3) is 0 Å². The average molecular weight is 426 g/mol. The third-order valence-electron chi connectivity index (χ3n) is 6.15. The number of carbonyl (C=O) groups is 3. The molecule has 0 aromatic heterocycles. The van der Waals surface area contributed by atoms with Gasteiger partial charge >= 0.3 is 5.97 Å². The monoisotopic (exact) mass is 426 g/mol. The van der Waals surface area contributed by atoms with Crippen molar-refractivity contribution in [3.8, 4) is 17.2 Å². The number of fused-ring (bicyclic) bond motifs is 1. The van der Waals surface area contributed by atoms with Crippen LogP contribution in [0.4, 0.5) is 5.69 Å². The maximum atomic E-state index is 13.4. The molecule has 9 nitrogen and oxygen atoms in total. The molecule has 4 unspecified atom stereocenters. The van der Waals surface area contributed by atoms with Crippen LogP contribution in [0.3, 0.4) is 0 Å². The van der Waals surface area contributed by atoms with Gasteiger partial charge in [-0.15, -0.1) is 0 Å². The lowest BCUT2D eigenvalue weighted by Crippen LogP contribution is -2.53. The van der Waals surface area contributed by atoms with E-state index in [-0.39, 0.29) is 17.1 Å². The molecule has 0 aliphatic carbocycles. The van der Waals surface area contributed by atoms with Gasteiger partial charge in [0.2, 0.25) is 11.8 Å². The molecule has 3 N–H and O–H groups in total. The van der Waals surface area contributed by atoms with Crippen molar-refractivity contribution in [2.24, 2.45) is 11.8 Å². The predicted molar refractivity (Wildman–Crippen MR) is 109 cm³/mol. The van der Waals surface area contributed by atoms with Gasteiger partial charge in [-0.3, -0.25) is 19.7 Å². The minimum absolute atomic E-state index is 0.184. The minimum atomic E-state index is -1.71. The summed E-state index contributed by atoms with van der Waals surface area (Å²) in [4.78, 5) is 40.0. The Morgan fingerprint density at radius 3 is 2.32 bits per heavy atom. The number of nitrogens with zero attached hydrogens (tertiary/aromatic N) is 1. The number of ether oxygens (including phenoxy) is 2. The third kappa shape index (κ3) is 2.92. The number of rotatable bonds is 5. The molecule has 2 aromatic rings. The Labute approximate surface area is 178 Å². The lowest BCUT2D eigenvalue weighted by Gasteiger charge is -2.27. The molecule has 4 atom stereocenters. The van der Waals surface area contributed by atoms with Gasteiger partial charge in [-0.25, -0.2) is 4.90 Å². The molecule has 31 heavy (non-hydrogen) atoms. The van der Waals surface area contributed by atoms with E-state index in [1.807, 2.05) is 0 Å². The van der Waals surface area contributed by atoms with Gasteiger partial charge in [0.15, 0.2) is 11.5 Å². The maximum absolute atomic E-state index is 13.4. The van der Waals surface area contributed by atoms with Gasteiger partial charge in [0.05, 0.1) is 31.7 Å². The fourth-order valence-electron chi connectivity index (χ4n) is 4.54. The standard InChI is InChI=1S/C22H22N2O7/c1-22(21(28)29)16-15(17(23-22)13-5-4-6-14(31-3)18(13)25)19(26)24(20(16)27)11-7-9-12(30-2)10-8-11/h4-10,15-17,23,25H,1-3H3,(H,28,29). The number of nitrogens with one attached hydrogen (secondary N) is 1. The lowest BCUT2D eigenvalue weighted by atomic mass is 9.80. The van der Waals surface area contributed by atoms with Crippen LogP contribution in [-0.4, -0.2) is 47.8 Å². The van der Waals surface area contributed by atoms with Crippen molar-refractivity contribution in [1.82, 2.24) is 5.32 Å². The van der Waals surface area contributed by atoms with Crippen LogP contribution in [-0.2, 0) is 14.4 Å². The minimum Gasteiger partial charge on any atom is -0.504 e. The number of methoxy groups -OCH3 is 2. The van der Waals surface area contributed by atoms with Crippen LogP contribution < -0.4 is 19.7 Å². The zero-order chi connectivity index (χ0) is 22.5. The largest absolute Gasteiger partial charge is 0.504 e. The molecule has 0 spiro atoms. The first-order valence-electron chi connectivity index (χ1n) is 9.63. The molecule has 2 fully saturated rings. The van der Waals surface area contributed by atoms with Gasteiger partial charge in [-0.2, -0.15) is 0 Å². The molecule has 0 saturated carbocycles. The number of anilines is 1. The summed E-state index contributed by atoms with van der Waals surface area (Å²) < 4.78 is 10.3. The van der Waals surface area contributed by atoms with Crippen LogP contribution in [0.15, 0.2) is 42.5 Å². The summed E-state index contributed by atoms with van der Waals surface area (Å²) in [6, 6.07) is 10.2. The number of phenolic OH excluding ortho intramolecular Hbond substituents is 1. The van der Waals surface area contributed by atoms with Gasteiger partial charge in [-0.05, 0) is 37.3 Å². The van der Waals surface area contributed by atoms with Crippen LogP contribution in [0, 0.1) is 11.8 Å². The molecule has 2 amide bonds. The Morgan fingerprint density at radius 2 is 1.74 bits per heavy atom. The van der Waals surface area contributed by atoms with Crippen molar-refractivity contribution in [3.05, 3.63) is 48.0 Å². The van der Waals surface area contributed by atoms with E-state index in [9.17, 15) is 24.6 Å². The first-order chi connectivity index (χ1) is 14.7. The number of aliphatic carboxylic acids is 1. The highest BCUT2D eigenvalue weighted by molar-refractivity contribution is 6.24. The Bertz CT molecular complexity index is 1070. The van der Waals surface area contributed by atoms with Crippen molar-refractivity contribution < 1.29 is 34.1 Å². The number of imide groups is 1. The zero-order valence-electron chi connectivity index (χ0n) is 17.2. The van der Waals surface area contributed by atoms with Gasteiger partial charge in [0.1, 0.15) is 11.3 Å². The van der Waals surface area contributed by atoms with E-state index in [4.69, 9.17) is 9.47 Å². The van der Waals surface area contributed by atoms with Gasteiger partial charge in [0.25, 0.3) is 0 Å². The van der Waals surface area contributed by atoms with Gasteiger partial charge in [-0.1, -0.05) is 12.1 Å². The number of carboxylic acid groups (broad SMARTS) is 1. The molecule has 4 rings (SSSR count). The Balaban J connectivity index is 1.82.